The first-order valence-electron chi connectivity index (χ1n) is 25.6. The Morgan fingerprint density at radius 1 is 0.903 bits per heavy atom. The molecule has 0 aliphatic carbocycles. The van der Waals surface area contributed by atoms with Crippen LogP contribution in [0.1, 0.15) is 98.9 Å². The Morgan fingerprint density at radius 3 is 2.39 bits per heavy atom. The molecule has 4 aromatic rings. The van der Waals surface area contributed by atoms with Gasteiger partial charge in [0.05, 0.1) is 41.6 Å². The lowest BCUT2D eigenvalue weighted by molar-refractivity contribution is -0.296. The van der Waals surface area contributed by atoms with E-state index in [0.717, 1.165) is 29.1 Å². The van der Waals surface area contributed by atoms with Gasteiger partial charge in [-0.3, -0.25) is 29.0 Å². The molecule has 0 bridgehead atoms. The van der Waals surface area contributed by atoms with Crippen LogP contribution in [0.15, 0.2) is 67.6 Å². The molecule has 0 spiro atoms. The summed E-state index contributed by atoms with van der Waals surface area (Å²) < 4.78 is 35.7. The molecular weight excluding hydrogens is 923 g/mol. The third-order valence-corrected chi connectivity index (χ3v) is 15.3. The zero-order valence-corrected chi connectivity index (χ0v) is 43.6. The Kier molecular flexibility index (Phi) is 17.8. The van der Waals surface area contributed by atoms with Crippen molar-refractivity contribution in [1.29, 1.82) is 0 Å². The number of carbonyl (C=O) groups is 4. The maximum atomic E-state index is 15.0. The van der Waals surface area contributed by atoms with Crippen LogP contribution in [0.2, 0.25) is 0 Å². The molecule has 3 saturated heterocycles. The van der Waals surface area contributed by atoms with Gasteiger partial charge in [-0.2, -0.15) is 0 Å². The van der Waals surface area contributed by atoms with Crippen molar-refractivity contribution in [3.63, 3.8) is 0 Å². The Labute approximate surface area is 423 Å². The van der Waals surface area contributed by atoms with Gasteiger partial charge in [0.15, 0.2) is 17.7 Å². The molecule has 3 aliphatic heterocycles. The van der Waals surface area contributed by atoms with Crippen LogP contribution in [0, 0.1) is 23.7 Å². The average molecular weight is 998 g/mol. The third-order valence-electron chi connectivity index (χ3n) is 15.3. The first-order chi connectivity index (χ1) is 34.4. The highest BCUT2D eigenvalue weighted by Gasteiger charge is 2.60. The van der Waals surface area contributed by atoms with Gasteiger partial charge >= 0.3 is 12.1 Å². The molecule has 4 aromatic heterocycles. The number of methoxy groups -OCH3 is 1. The van der Waals surface area contributed by atoms with Crippen molar-refractivity contribution in [3.05, 3.63) is 79.0 Å². The number of unbranched alkanes of at least 4 members (excludes halogenated alkanes) is 1. The molecule has 0 saturated carbocycles. The topological polar surface area (TPSA) is 215 Å². The molecule has 7 heterocycles. The summed E-state index contributed by atoms with van der Waals surface area (Å²) in [7, 11) is 3.43. The minimum Gasteiger partial charge on any atom is -0.458 e. The number of ketones is 2. The van der Waals surface area contributed by atoms with Gasteiger partial charge in [-0.1, -0.05) is 39.0 Å². The molecule has 3 fully saturated rings. The number of aliphatic hydroxyl groups excluding tert-OH is 1. The van der Waals surface area contributed by atoms with E-state index in [4.69, 9.17) is 23.7 Å². The van der Waals surface area contributed by atoms with E-state index < -0.39 is 89.4 Å². The Balaban J connectivity index is 1.07. The van der Waals surface area contributed by atoms with Gasteiger partial charge in [0.1, 0.15) is 23.9 Å². The van der Waals surface area contributed by atoms with Crippen molar-refractivity contribution < 1.29 is 48.0 Å². The SMILES string of the molecule is CC[C@H]1OC(=O)[C@H](C)C(=O)[C@H](C)[C@@H](O[C@@H]2O[C@H](C)C[C@H](N(C)CCc3cn(CCc4ccccn4)nn3)[C@H]2O)[C@](C)(OC)C[C@@H](C)C(=O)[C@H](C)[C@H]2N(CCCCn3cnc(-c4cccnc4)c3)C(=O)O[C@]12C. The van der Waals surface area contributed by atoms with Gasteiger partial charge in [-0.25, -0.2) is 9.78 Å². The normalized spacial score (nSPS) is 31.8. The van der Waals surface area contributed by atoms with E-state index in [1.807, 2.05) is 75.1 Å². The monoisotopic (exact) mass is 998 g/mol. The quantitative estimate of drug-likeness (QED) is 0.0755. The van der Waals surface area contributed by atoms with Gasteiger partial charge in [0.2, 0.25) is 0 Å². The van der Waals surface area contributed by atoms with Gasteiger partial charge in [0, 0.05) is 112 Å². The number of pyridine rings is 2. The molecule has 13 atom stereocenters. The molecule has 19 nitrogen and oxygen atoms in total. The minimum absolute atomic E-state index is 0.0966. The van der Waals surface area contributed by atoms with Crippen LogP contribution in [0.3, 0.4) is 0 Å². The zero-order valence-electron chi connectivity index (χ0n) is 43.6. The largest absolute Gasteiger partial charge is 0.458 e. The average Bonchev–Trinajstić information content (AvgIpc) is 4.12. The second-order valence-electron chi connectivity index (χ2n) is 20.6. The van der Waals surface area contributed by atoms with E-state index in [2.05, 4.69) is 30.2 Å². The number of hydrogen-bond donors (Lipinski definition) is 1. The van der Waals surface area contributed by atoms with Gasteiger partial charge in [-0.15, -0.1) is 5.10 Å². The summed E-state index contributed by atoms with van der Waals surface area (Å²) in [4.78, 5) is 74.6. The van der Waals surface area contributed by atoms with Crippen LogP contribution < -0.4 is 0 Å². The van der Waals surface area contributed by atoms with E-state index in [1.165, 1.54) is 14.0 Å². The summed E-state index contributed by atoms with van der Waals surface area (Å²) in [5.74, 6) is -5.17. The number of likely N-dealkylation sites (N-methyl/N-ethyl adjacent to an activating group) is 1. The number of Topliss-reactive ketones (excluding diaryl/α,β-unsaturated/α-hetero) is 2. The van der Waals surface area contributed by atoms with Crippen LogP contribution >= 0.6 is 0 Å². The Morgan fingerprint density at radius 2 is 1.68 bits per heavy atom. The first kappa shape index (κ1) is 54.3. The number of rotatable bonds is 17. The summed E-state index contributed by atoms with van der Waals surface area (Å²) in [6.45, 7) is 16.1. The number of aromatic nitrogens is 7. The molecule has 7 rings (SSSR count). The van der Waals surface area contributed by atoms with Crippen molar-refractivity contribution in [2.75, 3.05) is 27.2 Å². The fraction of sp³-hybridized carbons (Fsp3) is 0.642. The predicted molar refractivity (Wildman–Crippen MR) is 265 cm³/mol. The fourth-order valence-electron chi connectivity index (χ4n) is 11.1. The van der Waals surface area contributed by atoms with Gasteiger partial charge in [0.25, 0.3) is 0 Å². The maximum absolute atomic E-state index is 15.0. The van der Waals surface area contributed by atoms with Crippen LogP contribution in [0.5, 0.6) is 0 Å². The second kappa shape index (κ2) is 23.6. The summed E-state index contributed by atoms with van der Waals surface area (Å²) in [6, 6.07) is 8.42. The summed E-state index contributed by atoms with van der Waals surface area (Å²) in [5.41, 5.74) is 0.745. The molecule has 72 heavy (non-hydrogen) atoms. The number of nitrogens with zero attached hydrogens (tertiary/aromatic N) is 9. The smallest absolute Gasteiger partial charge is 0.410 e. The van der Waals surface area contributed by atoms with Crippen molar-refractivity contribution >= 4 is 23.6 Å². The van der Waals surface area contributed by atoms with Gasteiger partial charge < -0.3 is 43.2 Å². The first-order valence-corrected chi connectivity index (χ1v) is 25.6. The molecule has 392 valence electrons. The number of cyclic esters (lactones) is 1. The Hall–Kier alpha value is -5.47. The molecule has 19 heteroatoms. The molecule has 3 aliphatic rings. The van der Waals surface area contributed by atoms with E-state index in [9.17, 15) is 24.3 Å². The molecule has 0 aromatic carbocycles. The van der Waals surface area contributed by atoms with Crippen LogP contribution in [0.4, 0.5) is 4.79 Å². The maximum Gasteiger partial charge on any atom is 0.410 e. The Bertz CT molecular complexity index is 2440. The standard InChI is InChI=1S/C53H75N9O10/c1-11-43-53(8)47(62(51(67)72-53)24-15-14-23-60-31-41(56-32-60)38-17-16-21-54-29-38)35(4)44(63)33(2)28-52(7,68-10)48(36(5)45(64)37(6)49(66)70-43)71-50-46(65)42(27-34(3)69-50)59(9)25-19-40-30-61(58-57-40)26-20-39-18-12-13-22-55-39/h12-13,16-18,21-22,29-37,42-43,46-48,50,65H,11,14-15,19-20,23-28H2,1-10H3/t33-,34-,35+,36+,37-,42+,43-,46-,47-,48-,50+,52-,53-/m1/s1. The lowest BCUT2D eigenvalue weighted by Gasteiger charge is -2.47. The van der Waals surface area contributed by atoms with Gasteiger partial charge in [-0.05, 0) is 91.1 Å². The van der Waals surface area contributed by atoms with Crippen molar-refractivity contribution in [2.24, 2.45) is 23.7 Å². The molecule has 0 radical (unpaired) electrons. The highest BCUT2D eigenvalue weighted by Crippen LogP contribution is 2.43. The lowest BCUT2D eigenvalue weighted by Crippen LogP contribution is -2.60. The van der Waals surface area contributed by atoms with E-state index in [1.54, 1.807) is 62.2 Å². The van der Waals surface area contributed by atoms with Crippen LogP contribution in [0.25, 0.3) is 11.3 Å². The third kappa shape index (κ3) is 12.1. The molecule has 1 amide bonds. The molecular formula is C53H75N9O10. The molecule has 0 unspecified atom stereocenters. The zero-order chi connectivity index (χ0) is 51.9. The highest BCUT2D eigenvalue weighted by atomic mass is 16.7. The fourth-order valence-corrected chi connectivity index (χ4v) is 11.1. The summed E-state index contributed by atoms with van der Waals surface area (Å²) in [5, 5.41) is 20.8. The van der Waals surface area contributed by atoms with Crippen LogP contribution in [-0.2, 0) is 64.0 Å². The number of esters is 1. The number of aliphatic hydroxyl groups is 1. The number of fused-ring (bicyclic) bond motifs is 1. The van der Waals surface area contributed by atoms with E-state index in [-0.39, 0.29) is 31.3 Å². The second-order valence-corrected chi connectivity index (χ2v) is 20.6. The predicted octanol–water partition coefficient (Wildman–Crippen LogP) is 5.77. The number of hydrogen-bond acceptors (Lipinski definition) is 16. The van der Waals surface area contributed by atoms with E-state index >= 15 is 0 Å². The van der Waals surface area contributed by atoms with Crippen LogP contribution in [-0.4, -0.2) is 154 Å². The number of ether oxygens (including phenoxy) is 5. The van der Waals surface area contributed by atoms with Crippen molar-refractivity contribution in [3.8, 4) is 11.3 Å². The number of carbonyl (C=O) groups excluding carboxylic acids is 4. The number of amides is 1. The van der Waals surface area contributed by atoms with Crippen molar-refractivity contribution in [2.45, 2.75) is 167 Å². The lowest BCUT2D eigenvalue weighted by atomic mass is 9.73. The molecule has 1 N–H and O–H groups in total. The van der Waals surface area contributed by atoms with Crippen molar-refractivity contribution in [1.82, 2.24) is 44.3 Å². The number of aryl methyl sites for hydroxylation is 3. The highest BCUT2D eigenvalue weighted by molar-refractivity contribution is 6.00. The summed E-state index contributed by atoms with van der Waals surface area (Å²) >= 11 is 0. The summed E-state index contributed by atoms with van der Waals surface area (Å²) in [6.07, 6.45) is 8.93. The van der Waals surface area contributed by atoms with E-state index in [0.29, 0.717) is 45.3 Å². The minimum atomic E-state index is -1.43. The number of imidazole rings is 1.